The molecule has 0 heterocycles. The van der Waals surface area contributed by atoms with Gasteiger partial charge in [0.25, 0.3) is 0 Å². The zero-order valence-electron chi connectivity index (χ0n) is 42.0. The Morgan fingerprint density at radius 2 is 0.574 bits per heavy atom. The van der Waals surface area contributed by atoms with Crippen LogP contribution in [0.5, 0.6) is 0 Å². The van der Waals surface area contributed by atoms with Gasteiger partial charge >= 0.3 is 17.9 Å². The number of hydrogen-bond donors (Lipinski definition) is 0. The number of ether oxygens (including phenoxy) is 3. The van der Waals surface area contributed by atoms with Crippen molar-refractivity contribution < 1.29 is 28.6 Å². The van der Waals surface area contributed by atoms with E-state index in [2.05, 4.69) is 41.5 Å². The number of carbonyl (C=O) groups excluding carboxylic acids is 3. The monoisotopic (exact) mass is 863 g/mol. The van der Waals surface area contributed by atoms with Crippen molar-refractivity contribution in [3.8, 4) is 0 Å². The Bertz CT molecular complexity index is 949. The van der Waals surface area contributed by atoms with Crippen LogP contribution < -0.4 is 0 Å². The molecule has 0 aliphatic carbocycles. The Morgan fingerprint density at radius 1 is 0.328 bits per heavy atom. The predicted molar refractivity (Wildman–Crippen MR) is 261 cm³/mol. The molecule has 0 aromatic heterocycles. The third kappa shape index (κ3) is 46.2. The SMILES string of the molecule is CCC(C)CCCCCCCCCCCCCCCCCCCCC(=O)OC[C@@H](COC(=O)CCCCCCCCCCC(C)C)OC(=O)CCCCCCCCC(C)CC. The van der Waals surface area contributed by atoms with Gasteiger partial charge in [0, 0.05) is 19.3 Å². The van der Waals surface area contributed by atoms with Crippen LogP contribution in [-0.2, 0) is 28.6 Å². The van der Waals surface area contributed by atoms with E-state index in [1.54, 1.807) is 0 Å². The molecule has 0 aromatic carbocycles. The van der Waals surface area contributed by atoms with Crippen LogP contribution in [0.1, 0.15) is 298 Å². The van der Waals surface area contributed by atoms with Gasteiger partial charge in [-0.3, -0.25) is 14.4 Å². The number of esters is 3. The van der Waals surface area contributed by atoms with Crippen LogP contribution in [0.3, 0.4) is 0 Å². The van der Waals surface area contributed by atoms with Crippen molar-refractivity contribution in [2.75, 3.05) is 13.2 Å². The second-order valence-corrected chi connectivity index (χ2v) is 19.8. The molecule has 0 radical (unpaired) electrons. The summed E-state index contributed by atoms with van der Waals surface area (Å²) in [6.45, 7) is 13.7. The molecule has 0 aliphatic rings. The zero-order chi connectivity index (χ0) is 44.9. The van der Waals surface area contributed by atoms with Gasteiger partial charge in [0.05, 0.1) is 0 Å². The molecule has 0 fully saturated rings. The fourth-order valence-electron chi connectivity index (χ4n) is 8.23. The summed E-state index contributed by atoms with van der Waals surface area (Å²) in [4.78, 5) is 37.9. The lowest BCUT2D eigenvalue weighted by atomic mass is 9.99. The van der Waals surface area contributed by atoms with E-state index in [4.69, 9.17) is 14.2 Å². The molecule has 0 amide bonds. The average molecular weight is 863 g/mol. The zero-order valence-corrected chi connectivity index (χ0v) is 42.0. The molecular weight excluding hydrogens is 757 g/mol. The average Bonchev–Trinajstić information content (AvgIpc) is 3.24. The molecule has 61 heavy (non-hydrogen) atoms. The van der Waals surface area contributed by atoms with Gasteiger partial charge in [-0.15, -0.1) is 0 Å². The smallest absolute Gasteiger partial charge is 0.306 e. The van der Waals surface area contributed by atoms with Crippen LogP contribution in [0, 0.1) is 17.8 Å². The molecular formula is C55H106O6. The topological polar surface area (TPSA) is 78.9 Å². The van der Waals surface area contributed by atoms with Crippen molar-refractivity contribution in [1.82, 2.24) is 0 Å². The fraction of sp³-hybridized carbons (Fsp3) is 0.945. The van der Waals surface area contributed by atoms with Crippen LogP contribution >= 0.6 is 0 Å². The minimum absolute atomic E-state index is 0.0655. The normalized spacial score (nSPS) is 13.0. The first-order chi connectivity index (χ1) is 29.7. The van der Waals surface area contributed by atoms with Crippen LogP contribution in [0.25, 0.3) is 0 Å². The summed E-state index contributed by atoms with van der Waals surface area (Å²) in [6, 6.07) is 0. The molecule has 6 heteroatoms. The first kappa shape index (κ1) is 59.4. The molecule has 2 unspecified atom stereocenters. The largest absolute Gasteiger partial charge is 0.462 e. The van der Waals surface area contributed by atoms with Crippen LogP contribution in [0.4, 0.5) is 0 Å². The van der Waals surface area contributed by atoms with E-state index in [0.717, 1.165) is 75.5 Å². The van der Waals surface area contributed by atoms with Crippen molar-refractivity contribution in [3.05, 3.63) is 0 Å². The molecule has 362 valence electrons. The Kier molecular flexibility index (Phi) is 45.2. The first-order valence-electron chi connectivity index (χ1n) is 27.2. The van der Waals surface area contributed by atoms with Gasteiger partial charge in [0.2, 0.25) is 0 Å². The van der Waals surface area contributed by atoms with Crippen molar-refractivity contribution in [2.24, 2.45) is 17.8 Å². The molecule has 0 spiro atoms. The van der Waals surface area contributed by atoms with E-state index >= 15 is 0 Å². The van der Waals surface area contributed by atoms with Gasteiger partial charge in [-0.1, -0.05) is 260 Å². The highest BCUT2D eigenvalue weighted by molar-refractivity contribution is 5.71. The van der Waals surface area contributed by atoms with Gasteiger partial charge in [0.1, 0.15) is 13.2 Å². The summed E-state index contributed by atoms with van der Waals surface area (Å²) in [6.07, 6.45) is 46.7. The highest BCUT2D eigenvalue weighted by atomic mass is 16.6. The lowest BCUT2D eigenvalue weighted by Crippen LogP contribution is -2.30. The Balaban J connectivity index is 4.17. The summed E-state index contributed by atoms with van der Waals surface area (Å²) >= 11 is 0. The van der Waals surface area contributed by atoms with Crippen LogP contribution in [0.2, 0.25) is 0 Å². The van der Waals surface area contributed by atoms with Gasteiger partial charge in [0.15, 0.2) is 6.10 Å². The summed E-state index contributed by atoms with van der Waals surface area (Å²) in [5.41, 5.74) is 0. The molecule has 6 nitrogen and oxygen atoms in total. The molecule has 3 atom stereocenters. The van der Waals surface area contributed by atoms with Gasteiger partial charge < -0.3 is 14.2 Å². The maximum absolute atomic E-state index is 12.7. The number of carbonyl (C=O) groups is 3. The van der Waals surface area contributed by atoms with E-state index in [9.17, 15) is 14.4 Å². The Labute approximate surface area is 380 Å². The van der Waals surface area contributed by atoms with Crippen molar-refractivity contribution in [3.63, 3.8) is 0 Å². The summed E-state index contributed by atoms with van der Waals surface area (Å²) in [7, 11) is 0. The van der Waals surface area contributed by atoms with Gasteiger partial charge in [-0.2, -0.15) is 0 Å². The second-order valence-electron chi connectivity index (χ2n) is 19.8. The molecule has 0 saturated carbocycles. The molecule has 0 rings (SSSR count). The fourth-order valence-corrected chi connectivity index (χ4v) is 8.23. The van der Waals surface area contributed by atoms with Crippen molar-refractivity contribution in [1.29, 1.82) is 0 Å². The standard InChI is InChI=1S/C55H106O6/c1-7-50(5)42-36-30-24-19-17-15-13-11-9-10-12-14-16-18-20-25-32-38-44-53(56)59-47-52(61-55(58)46-40-34-28-27-31-37-43-51(6)8-2)48-60-54(57)45-39-33-26-22-21-23-29-35-41-49(3)4/h49-52H,7-48H2,1-6H3/t50?,51?,52-/m0/s1. The maximum atomic E-state index is 12.7. The van der Waals surface area contributed by atoms with Crippen molar-refractivity contribution >= 4 is 17.9 Å². The van der Waals surface area contributed by atoms with Crippen molar-refractivity contribution in [2.45, 2.75) is 304 Å². The molecule has 0 N–H and O–H groups in total. The van der Waals surface area contributed by atoms with Crippen LogP contribution in [0.15, 0.2) is 0 Å². The number of rotatable bonds is 48. The summed E-state index contributed by atoms with van der Waals surface area (Å²) in [5, 5.41) is 0. The third-order valence-corrected chi connectivity index (χ3v) is 13.1. The Hall–Kier alpha value is -1.59. The second kappa shape index (κ2) is 46.4. The molecule has 0 saturated heterocycles. The van der Waals surface area contributed by atoms with E-state index in [1.807, 2.05) is 0 Å². The molecule has 0 bridgehead atoms. The first-order valence-corrected chi connectivity index (χ1v) is 27.2. The van der Waals surface area contributed by atoms with E-state index in [-0.39, 0.29) is 31.1 Å². The van der Waals surface area contributed by atoms with Crippen LogP contribution in [-0.4, -0.2) is 37.2 Å². The highest BCUT2D eigenvalue weighted by Crippen LogP contribution is 2.19. The lowest BCUT2D eigenvalue weighted by molar-refractivity contribution is -0.167. The number of unbranched alkanes of at least 4 members (excludes halogenated alkanes) is 29. The Morgan fingerprint density at radius 3 is 0.852 bits per heavy atom. The highest BCUT2D eigenvalue weighted by Gasteiger charge is 2.19. The van der Waals surface area contributed by atoms with E-state index in [0.29, 0.717) is 19.3 Å². The minimum atomic E-state index is -0.763. The lowest BCUT2D eigenvalue weighted by Gasteiger charge is -2.18. The predicted octanol–water partition coefficient (Wildman–Crippen LogP) is 17.6. The maximum Gasteiger partial charge on any atom is 0.306 e. The van der Waals surface area contributed by atoms with Gasteiger partial charge in [-0.25, -0.2) is 0 Å². The van der Waals surface area contributed by atoms with Gasteiger partial charge in [-0.05, 0) is 37.0 Å². The third-order valence-electron chi connectivity index (χ3n) is 13.1. The minimum Gasteiger partial charge on any atom is -0.462 e. The quantitative estimate of drug-likeness (QED) is 0.0344. The molecule has 0 aliphatic heterocycles. The summed E-state index contributed by atoms with van der Waals surface area (Å²) < 4.78 is 16.8. The van der Waals surface area contributed by atoms with E-state index in [1.165, 1.54) is 180 Å². The summed E-state index contributed by atoms with van der Waals surface area (Å²) in [5.74, 6) is 1.66. The number of hydrogen-bond acceptors (Lipinski definition) is 6. The van der Waals surface area contributed by atoms with E-state index < -0.39 is 6.10 Å². The molecule has 0 aromatic rings.